The first kappa shape index (κ1) is 18.7. The number of hydrogen-bond donors (Lipinski definition) is 2. The van der Waals surface area contributed by atoms with Crippen molar-refractivity contribution in [1.29, 1.82) is 0 Å². The van der Waals surface area contributed by atoms with E-state index in [0.29, 0.717) is 6.42 Å². The van der Waals surface area contributed by atoms with Gasteiger partial charge in [0, 0.05) is 12.7 Å². The van der Waals surface area contributed by atoms with Gasteiger partial charge >= 0.3 is 0 Å². The molecule has 27 heavy (non-hydrogen) atoms. The number of amides is 1. The van der Waals surface area contributed by atoms with Gasteiger partial charge in [0.05, 0.1) is 12.5 Å². The molecule has 0 fully saturated rings. The summed E-state index contributed by atoms with van der Waals surface area (Å²) in [6.45, 7) is 4.18. The predicted octanol–water partition coefficient (Wildman–Crippen LogP) is 4.79. The molecule has 138 valence electrons. The molecule has 3 heteroatoms. The zero-order valence-corrected chi connectivity index (χ0v) is 16.1. The van der Waals surface area contributed by atoms with E-state index in [-0.39, 0.29) is 11.9 Å². The molecule has 1 atom stereocenters. The first-order chi connectivity index (χ1) is 13.1. The molecule has 0 aliphatic carbocycles. The van der Waals surface area contributed by atoms with Gasteiger partial charge in [0.2, 0.25) is 5.91 Å². The lowest BCUT2D eigenvalue weighted by molar-refractivity contribution is -0.120. The quantitative estimate of drug-likeness (QED) is 0.665. The zero-order valence-electron chi connectivity index (χ0n) is 16.1. The van der Waals surface area contributed by atoms with Crippen LogP contribution in [0.3, 0.4) is 0 Å². The second kappa shape index (κ2) is 8.54. The summed E-state index contributed by atoms with van der Waals surface area (Å²) < 4.78 is 0. The average Bonchev–Trinajstić information content (AvgIpc) is 2.68. The Balaban J connectivity index is 1.83. The molecule has 0 aliphatic heterocycles. The van der Waals surface area contributed by atoms with Gasteiger partial charge in [-0.1, -0.05) is 66.2 Å². The minimum Gasteiger partial charge on any atom is -0.388 e. The molecule has 3 nitrogen and oxygen atoms in total. The average molecular weight is 358 g/mol. The first-order valence-electron chi connectivity index (χ1n) is 9.25. The highest BCUT2D eigenvalue weighted by molar-refractivity contribution is 5.79. The maximum atomic E-state index is 12.8. The van der Waals surface area contributed by atoms with E-state index in [1.54, 1.807) is 0 Å². The maximum Gasteiger partial charge on any atom is 0.225 e. The summed E-state index contributed by atoms with van der Waals surface area (Å²) in [5.74, 6) is 0.0148. The van der Waals surface area contributed by atoms with Crippen LogP contribution in [0.4, 0.5) is 5.69 Å². The van der Waals surface area contributed by atoms with Crippen LogP contribution in [0.25, 0.3) is 0 Å². The SMILES string of the molecule is CNc1ccc(CC(=O)NC(c2ccccc2)c2ccc(C)cc2C)cc1. The van der Waals surface area contributed by atoms with Crippen LogP contribution < -0.4 is 10.6 Å². The second-order valence-corrected chi connectivity index (χ2v) is 6.89. The van der Waals surface area contributed by atoms with Crippen LogP contribution in [0.5, 0.6) is 0 Å². The minimum atomic E-state index is -0.157. The fraction of sp³-hybridized carbons (Fsp3) is 0.208. The van der Waals surface area contributed by atoms with Gasteiger partial charge in [-0.3, -0.25) is 4.79 Å². The number of anilines is 1. The number of carbonyl (C=O) groups excluding carboxylic acids is 1. The molecule has 3 aromatic rings. The molecule has 0 saturated carbocycles. The van der Waals surface area contributed by atoms with Gasteiger partial charge in [-0.25, -0.2) is 0 Å². The lowest BCUT2D eigenvalue weighted by atomic mass is 9.93. The molecule has 0 radical (unpaired) electrons. The second-order valence-electron chi connectivity index (χ2n) is 6.89. The molecular weight excluding hydrogens is 332 g/mol. The number of benzene rings is 3. The maximum absolute atomic E-state index is 12.8. The van der Waals surface area contributed by atoms with E-state index in [0.717, 1.165) is 22.4 Å². The smallest absolute Gasteiger partial charge is 0.225 e. The van der Waals surface area contributed by atoms with Gasteiger partial charge < -0.3 is 10.6 Å². The standard InChI is InChI=1S/C24H26N2O/c1-17-9-14-22(18(2)15-17)24(20-7-5-4-6-8-20)26-23(27)16-19-10-12-21(25-3)13-11-19/h4-15,24-25H,16H2,1-3H3,(H,26,27). The van der Waals surface area contributed by atoms with Gasteiger partial charge in [0.15, 0.2) is 0 Å². The summed E-state index contributed by atoms with van der Waals surface area (Å²) in [5.41, 5.74) is 6.66. The largest absolute Gasteiger partial charge is 0.388 e. The van der Waals surface area contributed by atoms with Crippen molar-refractivity contribution in [1.82, 2.24) is 5.32 Å². The van der Waals surface area contributed by atoms with Crippen molar-refractivity contribution in [3.63, 3.8) is 0 Å². The van der Waals surface area contributed by atoms with Crippen molar-refractivity contribution in [2.75, 3.05) is 12.4 Å². The van der Waals surface area contributed by atoms with Crippen molar-refractivity contribution >= 4 is 11.6 Å². The molecule has 2 N–H and O–H groups in total. The fourth-order valence-electron chi connectivity index (χ4n) is 3.32. The van der Waals surface area contributed by atoms with Crippen molar-refractivity contribution < 1.29 is 4.79 Å². The van der Waals surface area contributed by atoms with Gasteiger partial charge in [0.1, 0.15) is 0 Å². The monoisotopic (exact) mass is 358 g/mol. The van der Waals surface area contributed by atoms with Crippen molar-refractivity contribution in [3.8, 4) is 0 Å². The third-order valence-electron chi connectivity index (χ3n) is 4.78. The van der Waals surface area contributed by atoms with Gasteiger partial charge in [-0.05, 0) is 48.2 Å². The van der Waals surface area contributed by atoms with E-state index in [2.05, 4.69) is 54.8 Å². The molecule has 3 rings (SSSR count). The van der Waals surface area contributed by atoms with Gasteiger partial charge in [-0.2, -0.15) is 0 Å². The summed E-state index contributed by atoms with van der Waals surface area (Å²) in [6, 6.07) is 24.3. The van der Waals surface area contributed by atoms with E-state index in [1.165, 1.54) is 11.1 Å². The molecule has 0 aromatic heterocycles. The number of carbonyl (C=O) groups is 1. The normalized spacial score (nSPS) is 11.7. The zero-order chi connectivity index (χ0) is 19.2. The van der Waals surface area contributed by atoms with Crippen molar-refractivity contribution in [2.24, 2.45) is 0 Å². The van der Waals surface area contributed by atoms with Crippen LogP contribution in [0.1, 0.15) is 33.9 Å². The van der Waals surface area contributed by atoms with Crippen LogP contribution in [0, 0.1) is 13.8 Å². The summed E-state index contributed by atoms with van der Waals surface area (Å²) in [7, 11) is 1.88. The summed E-state index contributed by atoms with van der Waals surface area (Å²) in [6.07, 6.45) is 0.359. The highest BCUT2D eigenvalue weighted by Gasteiger charge is 2.18. The van der Waals surface area contributed by atoms with Gasteiger partial charge in [-0.15, -0.1) is 0 Å². The summed E-state index contributed by atoms with van der Waals surface area (Å²) in [4.78, 5) is 12.8. The fourth-order valence-corrected chi connectivity index (χ4v) is 3.32. The highest BCUT2D eigenvalue weighted by atomic mass is 16.1. The molecule has 0 aliphatic rings. The van der Waals surface area contributed by atoms with E-state index < -0.39 is 0 Å². The van der Waals surface area contributed by atoms with Crippen LogP contribution in [-0.4, -0.2) is 13.0 Å². The molecule has 0 heterocycles. The van der Waals surface area contributed by atoms with Crippen LogP contribution in [-0.2, 0) is 11.2 Å². The Labute approximate surface area is 161 Å². The Morgan fingerprint density at radius 3 is 2.26 bits per heavy atom. The molecule has 3 aromatic carbocycles. The Hall–Kier alpha value is -3.07. The summed E-state index contributed by atoms with van der Waals surface area (Å²) in [5, 5.41) is 6.33. The van der Waals surface area contributed by atoms with E-state index in [4.69, 9.17) is 0 Å². The van der Waals surface area contributed by atoms with E-state index in [1.807, 2.05) is 49.5 Å². The topological polar surface area (TPSA) is 41.1 Å². The Bertz CT molecular complexity index is 901. The number of nitrogens with one attached hydrogen (secondary N) is 2. The van der Waals surface area contributed by atoms with E-state index >= 15 is 0 Å². The third kappa shape index (κ3) is 4.76. The lowest BCUT2D eigenvalue weighted by Gasteiger charge is -2.22. The Morgan fingerprint density at radius 1 is 0.926 bits per heavy atom. The molecule has 1 amide bonds. The molecule has 1 unspecified atom stereocenters. The van der Waals surface area contributed by atoms with Crippen LogP contribution in [0.15, 0.2) is 72.8 Å². The number of aryl methyl sites for hydroxylation is 2. The number of rotatable bonds is 6. The highest BCUT2D eigenvalue weighted by Crippen LogP contribution is 2.26. The Morgan fingerprint density at radius 2 is 1.63 bits per heavy atom. The van der Waals surface area contributed by atoms with Gasteiger partial charge in [0.25, 0.3) is 0 Å². The molecule has 0 saturated heterocycles. The molecular formula is C24H26N2O. The van der Waals surface area contributed by atoms with Crippen molar-refractivity contribution in [3.05, 3.63) is 101 Å². The number of hydrogen-bond acceptors (Lipinski definition) is 2. The molecule has 0 bridgehead atoms. The molecule has 0 spiro atoms. The Kier molecular flexibility index (Phi) is 5.92. The summed E-state index contributed by atoms with van der Waals surface area (Å²) >= 11 is 0. The van der Waals surface area contributed by atoms with Crippen LogP contribution >= 0.6 is 0 Å². The lowest BCUT2D eigenvalue weighted by Crippen LogP contribution is -2.31. The third-order valence-corrected chi connectivity index (χ3v) is 4.78. The first-order valence-corrected chi connectivity index (χ1v) is 9.25. The predicted molar refractivity (Wildman–Crippen MR) is 112 cm³/mol. The van der Waals surface area contributed by atoms with E-state index in [9.17, 15) is 4.79 Å². The minimum absolute atomic E-state index is 0.0148. The van der Waals surface area contributed by atoms with Crippen LogP contribution in [0.2, 0.25) is 0 Å². The van der Waals surface area contributed by atoms with Crippen molar-refractivity contribution in [2.45, 2.75) is 26.3 Å².